The van der Waals surface area contributed by atoms with Crippen LogP contribution >= 0.6 is 0 Å². The van der Waals surface area contributed by atoms with Gasteiger partial charge in [-0.15, -0.1) is 0 Å². The lowest BCUT2D eigenvalue weighted by molar-refractivity contribution is 0.192. The van der Waals surface area contributed by atoms with Gasteiger partial charge in [0, 0.05) is 12.6 Å². The van der Waals surface area contributed by atoms with E-state index in [0.29, 0.717) is 16.9 Å². The smallest absolute Gasteiger partial charge is 0.0125 e. The molecule has 0 spiro atoms. The van der Waals surface area contributed by atoms with Crippen molar-refractivity contribution in [1.82, 2.24) is 10.2 Å². The van der Waals surface area contributed by atoms with Gasteiger partial charge in [0.05, 0.1) is 0 Å². The van der Waals surface area contributed by atoms with Gasteiger partial charge in [-0.1, -0.05) is 41.5 Å². The van der Waals surface area contributed by atoms with E-state index in [-0.39, 0.29) is 0 Å². The van der Waals surface area contributed by atoms with Crippen molar-refractivity contribution in [2.75, 3.05) is 27.2 Å². The molecule has 2 nitrogen and oxygen atoms in total. The van der Waals surface area contributed by atoms with Crippen LogP contribution in [0, 0.1) is 10.8 Å². The summed E-state index contributed by atoms with van der Waals surface area (Å²) in [6.45, 7) is 16.1. The molecule has 0 fully saturated rings. The summed E-state index contributed by atoms with van der Waals surface area (Å²) >= 11 is 0. The maximum absolute atomic E-state index is 3.43. The second kappa shape index (κ2) is 6.02. The van der Waals surface area contributed by atoms with E-state index in [1.54, 1.807) is 0 Å². The van der Waals surface area contributed by atoms with Gasteiger partial charge in [-0.3, -0.25) is 0 Å². The second-order valence-corrected chi connectivity index (χ2v) is 7.29. The van der Waals surface area contributed by atoms with Crippen LogP contribution in [0.15, 0.2) is 0 Å². The zero-order valence-electron chi connectivity index (χ0n) is 12.6. The molecule has 0 heterocycles. The van der Waals surface area contributed by atoms with Crippen LogP contribution in [-0.2, 0) is 0 Å². The van der Waals surface area contributed by atoms with Crippen molar-refractivity contribution in [3.05, 3.63) is 0 Å². The Balaban J connectivity index is 4.03. The summed E-state index contributed by atoms with van der Waals surface area (Å²) in [5.74, 6) is 0. The highest BCUT2D eigenvalue weighted by atomic mass is 15.1. The van der Waals surface area contributed by atoms with Crippen molar-refractivity contribution in [2.45, 2.75) is 54.0 Å². The maximum Gasteiger partial charge on any atom is 0.0125 e. The first-order valence-electron chi connectivity index (χ1n) is 6.42. The number of nitrogens with one attached hydrogen (secondary N) is 1. The molecule has 1 atom stereocenters. The number of hydrogen-bond acceptors (Lipinski definition) is 2. The molecule has 0 aromatic carbocycles. The van der Waals surface area contributed by atoms with Crippen molar-refractivity contribution in [3.8, 4) is 0 Å². The summed E-state index contributed by atoms with van der Waals surface area (Å²) in [4.78, 5) is 2.44. The van der Waals surface area contributed by atoms with E-state index in [1.807, 2.05) is 0 Å². The molecule has 1 unspecified atom stereocenters. The minimum absolute atomic E-state index is 0.345. The summed E-state index contributed by atoms with van der Waals surface area (Å²) in [5.41, 5.74) is 0.739. The van der Waals surface area contributed by atoms with Gasteiger partial charge in [0.2, 0.25) is 0 Å². The fourth-order valence-electron chi connectivity index (χ4n) is 2.25. The lowest BCUT2D eigenvalue weighted by atomic mass is 9.84. The number of hydrogen-bond donors (Lipinski definition) is 1. The van der Waals surface area contributed by atoms with E-state index in [9.17, 15) is 0 Å². The van der Waals surface area contributed by atoms with E-state index >= 15 is 0 Å². The summed E-state index contributed by atoms with van der Waals surface area (Å²) in [6, 6.07) is 0.593. The standard InChI is InChI=1S/C14H32N2/c1-13(2,3)11-16(8)10-9-12(15-7)14(4,5)6/h12,15H,9-11H2,1-8H3. The molecule has 0 aliphatic rings. The number of rotatable bonds is 5. The zero-order chi connectivity index (χ0) is 13.0. The molecule has 0 aliphatic carbocycles. The molecule has 0 bridgehead atoms. The third-order valence-electron chi connectivity index (χ3n) is 2.94. The predicted molar refractivity (Wildman–Crippen MR) is 73.9 cm³/mol. The Kier molecular flexibility index (Phi) is 5.99. The van der Waals surface area contributed by atoms with Crippen LogP contribution in [0.2, 0.25) is 0 Å². The van der Waals surface area contributed by atoms with Crippen LogP contribution in [0.25, 0.3) is 0 Å². The topological polar surface area (TPSA) is 15.3 Å². The third kappa shape index (κ3) is 7.24. The van der Waals surface area contributed by atoms with Crippen LogP contribution in [0.4, 0.5) is 0 Å². The van der Waals surface area contributed by atoms with Gasteiger partial charge in [0.1, 0.15) is 0 Å². The molecule has 0 radical (unpaired) electrons. The van der Waals surface area contributed by atoms with Crippen molar-refractivity contribution >= 4 is 0 Å². The zero-order valence-corrected chi connectivity index (χ0v) is 12.6. The largest absolute Gasteiger partial charge is 0.316 e. The predicted octanol–water partition coefficient (Wildman–Crippen LogP) is 2.99. The third-order valence-corrected chi connectivity index (χ3v) is 2.94. The van der Waals surface area contributed by atoms with E-state index in [1.165, 1.54) is 13.0 Å². The van der Waals surface area contributed by atoms with Crippen LogP contribution in [0.1, 0.15) is 48.0 Å². The van der Waals surface area contributed by atoms with Crippen molar-refractivity contribution in [2.24, 2.45) is 10.8 Å². The molecule has 0 saturated carbocycles. The van der Waals surface area contributed by atoms with Gasteiger partial charge in [-0.2, -0.15) is 0 Å². The molecule has 0 aliphatic heterocycles. The summed E-state index contributed by atoms with van der Waals surface area (Å²) in [7, 11) is 4.29. The summed E-state index contributed by atoms with van der Waals surface area (Å²) in [5, 5.41) is 3.43. The van der Waals surface area contributed by atoms with Gasteiger partial charge in [-0.05, 0) is 37.9 Å². The Morgan fingerprint density at radius 2 is 1.56 bits per heavy atom. The minimum atomic E-state index is 0.345. The fourth-order valence-corrected chi connectivity index (χ4v) is 2.25. The normalized spacial score (nSPS) is 15.6. The van der Waals surface area contributed by atoms with Gasteiger partial charge in [0.15, 0.2) is 0 Å². The van der Waals surface area contributed by atoms with Crippen molar-refractivity contribution in [1.29, 1.82) is 0 Å². The maximum atomic E-state index is 3.43. The minimum Gasteiger partial charge on any atom is -0.316 e. The molecular formula is C14H32N2. The van der Waals surface area contributed by atoms with Gasteiger partial charge < -0.3 is 10.2 Å². The first-order valence-corrected chi connectivity index (χ1v) is 6.42. The summed E-state index contributed by atoms with van der Waals surface area (Å²) < 4.78 is 0. The van der Waals surface area contributed by atoms with Crippen LogP contribution < -0.4 is 5.32 Å². The molecule has 0 aromatic heterocycles. The van der Waals surface area contributed by atoms with Crippen molar-refractivity contribution in [3.63, 3.8) is 0 Å². The van der Waals surface area contributed by atoms with Gasteiger partial charge in [0.25, 0.3) is 0 Å². The van der Waals surface area contributed by atoms with E-state index in [0.717, 1.165) is 6.54 Å². The van der Waals surface area contributed by atoms with E-state index in [4.69, 9.17) is 0 Å². The Morgan fingerprint density at radius 3 is 1.88 bits per heavy atom. The van der Waals surface area contributed by atoms with Crippen LogP contribution in [-0.4, -0.2) is 38.1 Å². The van der Waals surface area contributed by atoms with E-state index in [2.05, 4.69) is 65.9 Å². The first-order chi connectivity index (χ1) is 7.06. The first kappa shape index (κ1) is 15.9. The highest BCUT2D eigenvalue weighted by molar-refractivity contribution is 4.80. The van der Waals surface area contributed by atoms with Crippen LogP contribution in [0.5, 0.6) is 0 Å². The Hall–Kier alpha value is -0.0800. The monoisotopic (exact) mass is 228 g/mol. The molecule has 1 N–H and O–H groups in total. The van der Waals surface area contributed by atoms with E-state index < -0.39 is 0 Å². The molecule has 0 rings (SSSR count). The Morgan fingerprint density at radius 1 is 1.06 bits per heavy atom. The quantitative estimate of drug-likeness (QED) is 0.778. The SMILES string of the molecule is CNC(CCN(C)CC(C)(C)C)C(C)(C)C. The lowest BCUT2D eigenvalue weighted by Gasteiger charge is -2.33. The molecule has 2 heteroatoms. The van der Waals surface area contributed by atoms with Crippen molar-refractivity contribution < 1.29 is 0 Å². The van der Waals surface area contributed by atoms with Gasteiger partial charge in [-0.25, -0.2) is 0 Å². The Bertz CT molecular complexity index is 186. The molecule has 0 amide bonds. The fraction of sp³-hybridized carbons (Fsp3) is 1.00. The Labute approximate surface area is 103 Å². The van der Waals surface area contributed by atoms with Crippen LogP contribution in [0.3, 0.4) is 0 Å². The highest BCUT2D eigenvalue weighted by Crippen LogP contribution is 2.22. The molecule has 0 saturated heterocycles. The molecule has 98 valence electrons. The van der Waals surface area contributed by atoms with Gasteiger partial charge >= 0.3 is 0 Å². The second-order valence-electron chi connectivity index (χ2n) is 7.29. The number of nitrogens with zero attached hydrogens (tertiary/aromatic N) is 1. The highest BCUT2D eigenvalue weighted by Gasteiger charge is 2.23. The molecular weight excluding hydrogens is 196 g/mol. The molecule has 0 aromatic rings. The average molecular weight is 228 g/mol. The molecule has 16 heavy (non-hydrogen) atoms. The summed E-state index contributed by atoms with van der Waals surface area (Å²) in [6.07, 6.45) is 1.21. The lowest BCUT2D eigenvalue weighted by Crippen LogP contribution is -2.41. The average Bonchev–Trinajstić information content (AvgIpc) is 1.98.